The molecule has 1 saturated heterocycles. The quantitative estimate of drug-likeness (QED) is 0.842. The summed E-state index contributed by atoms with van der Waals surface area (Å²) in [6.45, 7) is 1.63. The number of nitrogens with zero attached hydrogens (tertiary/aromatic N) is 3. The summed E-state index contributed by atoms with van der Waals surface area (Å²) in [4.78, 5) is 26.6. The van der Waals surface area contributed by atoms with Gasteiger partial charge in [-0.3, -0.25) is 14.5 Å². The van der Waals surface area contributed by atoms with E-state index in [0.717, 1.165) is 22.6 Å². The second-order valence-corrected chi connectivity index (χ2v) is 7.20. The van der Waals surface area contributed by atoms with Gasteiger partial charge in [0.2, 0.25) is 5.91 Å². The third-order valence-corrected chi connectivity index (χ3v) is 5.25. The Morgan fingerprint density at radius 3 is 2.62 bits per heavy atom. The summed E-state index contributed by atoms with van der Waals surface area (Å²) >= 11 is 0. The van der Waals surface area contributed by atoms with E-state index in [9.17, 15) is 9.59 Å². The van der Waals surface area contributed by atoms with Crippen molar-refractivity contribution in [3.05, 3.63) is 65.7 Å². The fourth-order valence-electron chi connectivity index (χ4n) is 3.72. The molecule has 0 bridgehead atoms. The number of hydrazone groups is 1. The summed E-state index contributed by atoms with van der Waals surface area (Å²) in [5, 5.41) is 9.05. The van der Waals surface area contributed by atoms with Crippen molar-refractivity contribution < 1.29 is 14.3 Å². The van der Waals surface area contributed by atoms with E-state index >= 15 is 0 Å². The lowest BCUT2D eigenvalue weighted by molar-refractivity contribution is -0.135. The van der Waals surface area contributed by atoms with E-state index in [-0.39, 0.29) is 30.9 Å². The Bertz CT molecular complexity index is 911. The van der Waals surface area contributed by atoms with Gasteiger partial charge in [0.05, 0.1) is 32.0 Å². The van der Waals surface area contributed by atoms with E-state index in [0.29, 0.717) is 19.5 Å². The third-order valence-electron chi connectivity index (χ3n) is 5.25. The first kappa shape index (κ1) is 19.1. The number of rotatable bonds is 5. The molecule has 29 heavy (non-hydrogen) atoms. The zero-order valence-corrected chi connectivity index (χ0v) is 16.4. The number of piperazine rings is 1. The fourth-order valence-corrected chi connectivity index (χ4v) is 3.72. The molecule has 2 aromatic rings. The van der Waals surface area contributed by atoms with E-state index in [1.165, 1.54) is 0 Å². The molecular formula is C22H24N4O3. The Kier molecular flexibility index (Phi) is 5.57. The second-order valence-electron chi connectivity index (χ2n) is 7.20. The van der Waals surface area contributed by atoms with Crippen LogP contribution in [0, 0.1) is 0 Å². The number of methoxy groups -OCH3 is 1. The lowest BCUT2D eigenvalue weighted by Gasteiger charge is -2.29. The second kappa shape index (κ2) is 8.45. The lowest BCUT2D eigenvalue weighted by atomic mass is 9.98. The highest BCUT2D eigenvalue weighted by Crippen LogP contribution is 2.33. The van der Waals surface area contributed by atoms with E-state index in [4.69, 9.17) is 4.74 Å². The van der Waals surface area contributed by atoms with E-state index < -0.39 is 0 Å². The zero-order valence-electron chi connectivity index (χ0n) is 16.4. The molecule has 2 aliphatic rings. The van der Waals surface area contributed by atoms with Gasteiger partial charge in [-0.05, 0) is 23.3 Å². The van der Waals surface area contributed by atoms with Crippen molar-refractivity contribution >= 4 is 17.5 Å². The number of benzene rings is 2. The first-order valence-corrected chi connectivity index (χ1v) is 9.72. The van der Waals surface area contributed by atoms with Crippen LogP contribution in [0.3, 0.4) is 0 Å². The average molecular weight is 392 g/mol. The molecule has 7 heteroatoms. The van der Waals surface area contributed by atoms with Crippen LogP contribution in [0.1, 0.15) is 23.6 Å². The van der Waals surface area contributed by atoms with Crippen molar-refractivity contribution in [2.24, 2.45) is 5.10 Å². The van der Waals surface area contributed by atoms with E-state index in [1.807, 2.05) is 59.5 Å². The molecule has 2 aliphatic heterocycles. The summed E-state index contributed by atoms with van der Waals surface area (Å²) in [6.07, 6.45) is 0.641. The number of carbonyl (C=O) groups excluding carboxylic acids is 2. The number of carbonyl (C=O) groups is 2. The van der Waals surface area contributed by atoms with Gasteiger partial charge >= 0.3 is 0 Å². The maximum absolute atomic E-state index is 13.1. The number of amides is 2. The maximum Gasteiger partial charge on any atom is 0.257 e. The largest absolute Gasteiger partial charge is 0.497 e. The van der Waals surface area contributed by atoms with Gasteiger partial charge in [-0.25, -0.2) is 5.01 Å². The smallest absolute Gasteiger partial charge is 0.257 e. The van der Waals surface area contributed by atoms with Gasteiger partial charge in [0.15, 0.2) is 0 Å². The molecule has 0 unspecified atom stereocenters. The van der Waals surface area contributed by atoms with E-state index in [1.54, 1.807) is 12.1 Å². The molecule has 0 spiro atoms. The summed E-state index contributed by atoms with van der Waals surface area (Å²) in [5.74, 6) is 0.616. The molecular weight excluding hydrogens is 368 g/mol. The van der Waals surface area contributed by atoms with Crippen molar-refractivity contribution in [1.29, 1.82) is 0 Å². The molecule has 150 valence electrons. The Morgan fingerprint density at radius 1 is 1.17 bits per heavy atom. The predicted octanol–water partition coefficient (Wildman–Crippen LogP) is 1.80. The summed E-state index contributed by atoms with van der Waals surface area (Å²) < 4.78 is 5.25. The minimum Gasteiger partial charge on any atom is -0.497 e. The van der Waals surface area contributed by atoms with Gasteiger partial charge < -0.3 is 10.1 Å². The van der Waals surface area contributed by atoms with Gasteiger partial charge in [-0.15, -0.1) is 0 Å². The van der Waals surface area contributed by atoms with Crippen molar-refractivity contribution in [2.75, 3.05) is 33.3 Å². The van der Waals surface area contributed by atoms with Gasteiger partial charge in [0.1, 0.15) is 5.75 Å². The van der Waals surface area contributed by atoms with Gasteiger partial charge in [0.25, 0.3) is 5.91 Å². The Morgan fingerprint density at radius 2 is 1.93 bits per heavy atom. The molecule has 1 N–H and O–H groups in total. The number of hydrogen-bond donors (Lipinski definition) is 1. The summed E-state index contributed by atoms with van der Waals surface area (Å²) in [7, 11) is 1.63. The van der Waals surface area contributed by atoms with Crippen molar-refractivity contribution in [3.63, 3.8) is 0 Å². The minimum atomic E-state index is -0.178. The van der Waals surface area contributed by atoms with Crippen LogP contribution < -0.4 is 10.1 Å². The van der Waals surface area contributed by atoms with Crippen LogP contribution in [0.4, 0.5) is 0 Å². The summed E-state index contributed by atoms with van der Waals surface area (Å²) in [5.41, 5.74) is 2.90. The highest BCUT2D eigenvalue weighted by Gasteiger charge is 2.34. The first-order chi connectivity index (χ1) is 14.1. The first-order valence-electron chi connectivity index (χ1n) is 9.72. The van der Waals surface area contributed by atoms with Crippen molar-refractivity contribution in [2.45, 2.75) is 12.5 Å². The van der Waals surface area contributed by atoms with Crippen molar-refractivity contribution in [3.8, 4) is 5.75 Å². The van der Waals surface area contributed by atoms with Crippen LogP contribution in [0.5, 0.6) is 5.75 Å². The van der Waals surface area contributed by atoms with Crippen LogP contribution in [0.25, 0.3) is 0 Å². The zero-order chi connectivity index (χ0) is 20.2. The molecule has 2 amide bonds. The Labute approximate surface area is 169 Å². The molecule has 0 radical (unpaired) electrons. The number of hydrogen-bond acceptors (Lipinski definition) is 5. The summed E-state index contributed by atoms with van der Waals surface area (Å²) in [6, 6.07) is 17.5. The lowest BCUT2D eigenvalue weighted by Crippen LogP contribution is -2.50. The minimum absolute atomic E-state index is 0.0503. The maximum atomic E-state index is 13.1. The van der Waals surface area contributed by atoms with Crippen LogP contribution in [-0.4, -0.2) is 60.7 Å². The molecule has 0 aliphatic carbocycles. The Balaban J connectivity index is 1.58. The van der Waals surface area contributed by atoms with Gasteiger partial charge in [-0.1, -0.05) is 42.5 Å². The topological polar surface area (TPSA) is 74.2 Å². The molecule has 0 saturated carbocycles. The fraction of sp³-hybridized carbons (Fsp3) is 0.318. The number of nitrogens with one attached hydrogen (secondary N) is 1. The highest BCUT2D eigenvalue weighted by molar-refractivity contribution is 6.03. The third kappa shape index (κ3) is 4.30. The average Bonchev–Trinajstić information content (AvgIpc) is 3.20. The monoisotopic (exact) mass is 392 g/mol. The normalized spacial score (nSPS) is 19.6. The standard InChI is InChI=1S/C22H24N4O3/c1-29-18-9-7-17(8-10-18)20-13-19(16-5-3-2-4-6-16)24-26(20)22(28)15-25-12-11-23-21(27)14-25/h2-10,20H,11-15H2,1H3,(H,23,27)/t20-/m0/s1. The van der Waals surface area contributed by atoms with Gasteiger partial charge in [-0.2, -0.15) is 5.10 Å². The molecule has 1 fully saturated rings. The Hall–Kier alpha value is -3.19. The van der Waals surface area contributed by atoms with E-state index in [2.05, 4.69) is 10.4 Å². The molecule has 0 aromatic heterocycles. The molecule has 2 aromatic carbocycles. The molecule has 1 atom stereocenters. The van der Waals surface area contributed by atoms with Crippen LogP contribution in [0.2, 0.25) is 0 Å². The van der Waals surface area contributed by atoms with Crippen LogP contribution in [-0.2, 0) is 9.59 Å². The highest BCUT2D eigenvalue weighted by atomic mass is 16.5. The van der Waals surface area contributed by atoms with Gasteiger partial charge in [0, 0.05) is 19.5 Å². The number of ether oxygens (including phenoxy) is 1. The SMILES string of the molecule is COc1ccc([C@@H]2CC(c3ccccc3)=NN2C(=O)CN2CCNC(=O)C2)cc1. The van der Waals surface area contributed by atoms with Crippen LogP contribution in [0.15, 0.2) is 59.7 Å². The molecule has 4 rings (SSSR count). The van der Waals surface area contributed by atoms with Crippen molar-refractivity contribution in [1.82, 2.24) is 15.2 Å². The molecule has 2 heterocycles. The van der Waals surface area contributed by atoms with Crippen LogP contribution >= 0.6 is 0 Å². The molecule has 7 nitrogen and oxygen atoms in total. The predicted molar refractivity (Wildman–Crippen MR) is 110 cm³/mol.